The van der Waals surface area contributed by atoms with Crippen molar-refractivity contribution in [3.8, 4) is 0 Å². The van der Waals surface area contributed by atoms with Gasteiger partial charge in [-0.15, -0.1) is 0 Å². The molecule has 1 amide bonds. The number of amides is 1. The highest BCUT2D eigenvalue weighted by Gasteiger charge is 2.44. The van der Waals surface area contributed by atoms with E-state index in [4.69, 9.17) is 9.47 Å². The Morgan fingerprint density at radius 1 is 1.47 bits per heavy atom. The molecular weight excluding hydrogens is 222 g/mol. The van der Waals surface area contributed by atoms with Gasteiger partial charge in [-0.2, -0.15) is 5.10 Å². The van der Waals surface area contributed by atoms with E-state index in [0.29, 0.717) is 31.9 Å². The number of aromatic nitrogens is 2. The third kappa shape index (κ3) is 1.83. The lowest BCUT2D eigenvalue weighted by atomic mass is 10.2. The van der Waals surface area contributed by atoms with Gasteiger partial charge in [0.15, 0.2) is 5.79 Å². The molecule has 2 saturated heterocycles. The topological polar surface area (TPSA) is 56.6 Å². The zero-order valence-electron chi connectivity index (χ0n) is 9.76. The van der Waals surface area contributed by atoms with Crippen molar-refractivity contribution in [2.24, 2.45) is 7.05 Å². The number of ether oxygens (including phenoxy) is 2. The summed E-state index contributed by atoms with van der Waals surface area (Å²) in [6.07, 6.45) is 4.06. The Hall–Kier alpha value is -1.40. The first-order valence-corrected chi connectivity index (χ1v) is 5.74. The van der Waals surface area contributed by atoms with Crippen LogP contribution in [0.3, 0.4) is 0 Å². The Bertz CT molecular complexity index is 437. The molecule has 2 aliphatic heterocycles. The lowest BCUT2D eigenvalue weighted by Crippen LogP contribution is -2.36. The number of hydrogen-bond acceptors (Lipinski definition) is 4. The maximum Gasteiger partial charge on any atom is 0.257 e. The van der Waals surface area contributed by atoms with E-state index in [2.05, 4.69) is 5.10 Å². The van der Waals surface area contributed by atoms with Crippen molar-refractivity contribution in [2.75, 3.05) is 26.3 Å². The Morgan fingerprint density at radius 3 is 2.88 bits per heavy atom. The normalized spacial score (nSPS) is 22.5. The van der Waals surface area contributed by atoms with Crippen molar-refractivity contribution in [1.29, 1.82) is 0 Å². The highest BCUT2D eigenvalue weighted by atomic mass is 16.7. The minimum Gasteiger partial charge on any atom is -0.346 e. The number of aryl methyl sites for hydroxylation is 1. The smallest absolute Gasteiger partial charge is 0.257 e. The van der Waals surface area contributed by atoms with Gasteiger partial charge in [-0.05, 0) is 0 Å². The fourth-order valence-corrected chi connectivity index (χ4v) is 2.37. The second-order valence-corrected chi connectivity index (χ2v) is 4.49. The summed E-state index contributed by atoms with van der Waals surface area (Å²) in [5, 5.41) is 4.00. The average molecular weight is 237 g/mol. The van der Waals surface area contributed by atoms with Crippen LogP contribution in [0.15, 0.2) is 12.4 Å². The third-order valence-corrected chi connectivity index (χ3v) is 3.25. The fourth-order valence-electron chi connectivity index (χ4n) is 2.37. The first-order chi connectivity index (χ1) is 8.19. The summed E-state index contributed by atoms with van der Waals surface area (Å²) in [6, 6.07) is 0. The predicted octanol–water partition coefficient (Wildman–Crippen LogP) is 0.00910. The summed E-state index contributed by atoms with van der Waals surface area (Å²) in [4.78, 5) is 13.9. The third-order valence-electron chi connectivity index (χ3n) is 3.25. The molecule has 1 aromatic heterocycles. The van der Waals surface area contributed by atoms with E-state index in [1.165, 1.54) is 0 Å². The monoisotopic (exact) mass is 237 g/mol. The van der Waals surface area contributed by atoms with Crippen LogP contribution in [-0.2, 0) is 16.5 Å². The van der Waals surface area contributed by atoms with Crippen molar-refractivity contribution in [3.05, 3.63) is 18.0 Å². The quantitative estimate of drug-likeness (QED) is 0.690. The molecule has 0 bridgehead atoms. The standard InChI is InChI=1S/C11H15N3O3/c1-13-7-9(6-12-13)10(15)14-3-2-11(8-14)16-4-5-17-11/h6-7H,2-5,8H2,1H3. The van der Waals surface area contributed by atoms with Crippen LogP contribution >= 0.6 is 0 Å². The van der Waals surface area contributed by atoms with E-state index in [1.54, 1.807) is 29.0 Å². The van der Waals surface area contributed by atoms with Crippen molar-refractivity contribution in [2.45, 2.75) is 12.2 Å². The van der Waals surface area contributed by atoms with Gasteiger partial charge in [0, 0.05) is 26.2 Å². The number of hydrogen-bond donors (Lipinski definition) is 0. The Morgan fingerprint density at radius 2 is 2.24 bits per heavy atom. The van der Waals surface area contributed by atoms with E-state index in [9.17, 15) is 4.79 Å². The molecule has 17 heavy (non-hydrogen) atoms. The molecule has 92 valence electrons. The van der Waals surface area contributed by atoms with Crippen molar-refractivity contribution < 1.29 is 14.3 Å². The maximum absolute atomic E-state index is 12.2. The molecule has 3 heterocycles. The highest BCUT2D eigenvalue weighted by Crippen LogP contribution is 2.31. The van der Waals surface area contributed by atoms with Gasteiger partial charge in [0.2, 0.25) is 0 Å². The molecule has 0 aliphatic carbocycles. The minimum absolute atomic E-state index is 0.00549. The Balaban J connectivity index is 1.72. The molecule has 0 radical (unpaired) electrons. The Labute approximate surface area is 99.1 Å². The van der Waals surface area contributed by atoms with Gasteiger partial charge in [0.25, 0.3) is 5.91 Å². The van der Waals surface area contributed by atoms with Gasteiger partial charge in [-0.3, -0.25) is 9.48 Å². The lowest BCUT2D eigenvalue weighted by molar-refractivity contribution is -0.143. The lowest BCUT2D eigenvalue weighted by Gasteiger charge is -2.22. The summed E-state index contributed by atoms with van der Waals surface area (Å²) < 4.78 is 12.8. The van der Waals surface area contributed by atoms with Crippen LogP contribution in [0, 0.1) is 0 Å². The molecular formula is C11H15N3O3. The van der Waals surface area contributed by atoms with Crippen LogP contribution < -0.4 is 0 Å². The molecule has 0 unspecified atom stereocenters. The second-order valence-electron chi connectivity index (χ2n) is 4.49. The minimum atomic E-state index is -0.544. The summed E-state index contributed by atoms with van der Waals surface area (Å²) in [7, 11) is 1.80. The van der Waals surface area contributed by atoms with E-state index < -0.39 is 5.79 Å². The van der Waals surface area contributed by atoms with Gasteiger partial charge in [-0.1, -0.05) is 0 Å². The largest absolute Gasteiger partial charge is 0.346 e. The summed E-state index contributed by atoms with van der Waals surface area (Å²) in [5.74, 6) is -0.549. The fraction of sp³-hybridized carbons (Fsp3) is 0.636. The Kier molecular flexibility index (Phi) is 2.41. The second kappa shape index (κ2) is 3.82. The highest BCUT2D eigenvalue weighted by molar-refractivity contribution is 5.94. The maximum atomic E-state index is 12.2. The zero-order chi connectivity index (χ0) is 11.9. The van der Waals surface area contributed by atoms with E-state index in [-0.39, 0.29) is 5.91 Å². The molecule has 3 rings (SSSR count). The molecule has 2 fully saturated rings. The van der Waals surface area contributed by atoms with Crippen LogP contribution in [0.2, 0.25) is 0 Å². The van der Waals surface area contributed by atoms with Crippen molar-refractivity contribution in [3.63, 3.8) is 0 Å². The number of nitrogens with zero attached hydrogens (tertiary/aromatic N) is 3. The first-order valence-electron chi connectivity index (χ1n) is 5.74. The van der Waals surface area contributed by atoms with Crippen molar-refractivity contribution in [1.82, 2.24) is 14.7 Å². The van der Waals surface area contributed by atoms with Gasteiger partial charge in [-0.25, -0.2) is 0 Å². The summed E-state index contributed by atoms with van der Waals surface area (Å²) >= 11 is 0. The molecule has 1 spiro atoms. The molecule has 0 N–H and O–H groups in total. The van der Waals surface area contributed by atoms with Gasteiger partial charge in [0.1, 0.15) is 0 Å². The number of likely N-dealkylation sites (tertiary alicyclic amines) is 1. The van der Waals surface area contributed by atoms with E-state index in [1.807, 2.05) is 0 Å². The molecule has 0 atom stereocenters. The molecule has 6 nitrogen and oxygen atoms in total. The van der Waals surface area contributed by atoms with Gasteiger partial charge in [0.05, 0.1) is 31.5 Å². The van der Waals surface area contributed by atoms with Crippen LogP contribution in [0.4, 0.5) is 0 Å². The van der Waals surface area contributed by atoms with Gasteiger partial charge < -0.3 is 14.4 Å². The van der Waals surface area contributed by atoms with Crippen molar-refractivity contribution >= 4 is 5.91 Å². The first kappa shape index (κ1) is 10.7. The summed E-state index contributed by atoms with van der Waals surface area (Å²) in [6.45, 7) is 2.43. The van der Waals surface area contributed by atoms with Crippen LogP contribution in [0.1, 0.15) is 16.8 Å². The molecule has 1 aromatic rings. The number of rotatable bonds is 1. The molecule has 0 aromatic carbocycles. The van der Waals surface area contributed by atoms with Crippen LogP contribution in [0.5, 0.6) is 0 Å². The number of carbonyl (C=O) groups is 1. The molecule has 2 aliphatic rings. The van der Waals surface area contributed by atoms with E-state index >= 15 is 0 Å². The van der Waals surface area contributed by atoms with Crippen LogP contribution in [-0.4, -0.2) is 52.7 Å². The van der Waals surface area contributed by atoms with Gasteiger partial charge >= 0.3 is 0 Å². The van der Waals surface area contributed by atoms with Crippen LogP contribution in [0.25, 0.3) is 0 Å². The average Bonchev–Trinajstić information content (AvgIpc) is 3.02. The molecule has 0 saturated carbocycles. The predicted molar refractivity (Wildman–Crippen MR) is 58.4 cm³/mol. The molecule has 6 heteroatoms. The van der Waals surface area contributed by atoms with E-state index in [0.717, 1.165) is 6.42 Å². The number of carbonyl (C=O) groups excluding carboxylic acids is 1. The summed E-state index contributed by atoms with van der Waals surface area (Å²) in [5.41, 5.74) is 0.613. The SMILES string of the molecule is Cn1cc(C(=O)N2CCC3(C2)OCCO3)cn1. The zero-order valence-corrected chi connectivity index (χ0v) is 9.76.